The number of aromatic nitrogens is 2. The summed E-state index contributed by atoms with van der Waals surface area (Å²) >= 11 is 3.49. The number of amides is 1. The van der Waals surface area contributed by atoms with Crippen LogP contribution in [0.2, 0.25) is 0 Å². The molecular formula is C11H16BrN3O. The number of rotatable bonds is 2. The van der Waals surface area contributed by atoms with Crippen LogP contribution in [0.5, 0.6) is 0 Å². The molecule has 0 aliphatic carbocycles. The van der Waals surface area contributed by atoms with Crippen molar-refractivity contribution >= 4 is 21.8 Å². The predicted molar refractivity (Wildman–Crippen MR) is 65.6 cm³/mol. The highest BCUT2D eigenvalue weighted by Gasteiger charge is 2.24. The van der Waals surface area contributed by atoms with Gasteiger partial charge in [-0.2, -0.15) is 0 Å². The van der Waals surface area contributed by atoms with Gasteiger partial charge >= 0.3 is 0 Å². The predicted octanol–water partition coefficient (Wildman–Crippen LogP) is 1.67. The van der Waals surface area contributed by atoms with Gasteiger partial charge in [0.05, 0.1) is 6.33 Å². The van der Waals surface area contributed by atoms with Crippen molar-refractivity contribution in [1.29, 1.82) is 0 Å². The van der Waals surface area contributed by atoms with Gasteiger partial charge in [0, 0.05) is 31.7 Å². The lowest BCUT2D eigenvalue weighted by Gasteiger charge is -2.31. The van der Waals surface area contributed by atoms with E-state index in [4.69, 9.17) is 0 Å². The molecule has 0 bridgehead atoms. The van der Waals surface area contributed by atoms with Crippen LogP contribution >= 0.6 is 15.9 Å². The molecule has 0 N–H and O–H groups in total. The van der Waals surface area contributed by atoms with Gasteiger partial charge in [0.15, 0.2) is 0 Å². The maximum absolute atomic E-state index is 12.1. The van der Waals surface area contributed by atoms with Gasteiger partial charge in [-0.15, -0.1) is 0 Å². The first-order valence-corrected chi connectivity index (χ1v) is 6.66. The molecule has 2 rings (SSSR count). The molecule has 4 nitrogen and oxygen atoms in total. The number of aryl methyl sites for hydroxylation is 1. The van der Waals surface area contributed by atoms with E-state index >= 15 is 0 Å². The van der Waals surface area contributed by atoms with Crippen LogP contribution in [-0.4, -0.2) is 38.8 Å². The second-order valence-corrected chi connectivity index (χ2v) is 4.99. The lowest BCUT2D eigenvalue weighted by atomic mass is 10.00. The fourth-order valence-corrected chi connectivity index (χ4v) is 2.59. The molecule has 0 saturated carbocycles. The quantitative estimate of drug-likeness (QED) is 0.776. The molecule has 88 valence electrons. The molecular weight excluding hydrogens is 270 g/mol. The van der Waals surface area contributed by atoms with E-state index in [1.165, 1.54) is 6.42 Å². The van der Waals surface area contributed by atoms with Crippen LogP contribution in [0.25, 0.3) is 0 Å². The van der Waals surface area contributed by atoms with Gasteiger partial charge in [0.25, 0.3) is 5.91 Å². The number of nitrogens with zero attached hydrogens (tertiary/aromatic N) is 3. The van der Waals surface area contributed by atoms with Crippen LogP contribution < -0.4 is 0 Å². The Morgan fingerprint density at radius 1 is 1.69 bits per heavy atom. The molecule has 5 heteroatoms. The minimum absolute atomic E-state index is 0.0613. The van der Waals surface area contributed by atoms with Gasteiger partial charge in [-0.05, 0) is 18.8 Å². The van der Waals surface area contributed by atoms with Crippen molar-refractivity contribution in [2.75, 3.05) is 18.4 Å². The first-order chi connectivity index (χ1) is 7.70. The van der Waals surface area contributed by atoms with Gasteiger partial charge in [-0.3, -0.25) is 4.79 Å². The monoisotopic (exact) mass is 285 g/mol. The number of likely N-dealkylation sites (tertiary alicyclic amines) is 1. The van der Waals surface area contributed by atoms with E-state index in [2.05, 4.69) is 20.9 Å². The van der Waals surface area contributed by atoms with Crippen LogP contribution in [0, 0.1) is 5.92 Å². The summed E-state index contributed by atoms with van der Waals surface area (Å²) in [5.74, 6) is 0.646. The summed E-state index contributed by atoms with van der Waals surface area (Å²) in [5.41, 5.74) is 0.553. The van der Waals surface area contributed by atoms with Crippen LogP contribution in [0.1, 0.15) is 23.3 Å². The zero-order valence-corrected chi connectivity index (χ0v) is 11.0. The molecule has 0 spiro atoms. The second kappa shape index (κ2) is 4.99. The van der Waals surface area contributed by atoms with Gasteiger partial charge in [-0.1, -0.05) is 15.9 Å². The zero-order chi connectivity index (χ0) is 11.5. The highest BCUT2D eigenvalue weighted by molar-refractivity contribution is 9.09. The summed E-state index contributed by atoms with van der Waals surface area (Å²) in [6.45, 7) is 1.71. The Bertz CT molecular complexity index is 377. The molecule has 1 aromatic rings. The minimum Gasteiger partial charge on any atom is -0.340 e. The minimum atomic E-state index is 0.0613. The van der Waals surface area contributed by atoms with E-state index in [0.29, 0.717) is 11.6 Å². The molecule has 16 heavy (non-hydrogen) atoms. The molecule has 1 aliphatic rings. The Labute approximate surface area is 104 Å². The fraction of sp³-hybridized carbons (Fsp3) is 0.636. The number of imidazole rings is 1. The van der Waals surface area contributed by atoms with Gasteiger partial charge in [-0.25, -0.2) is 4.98 Å². The topological polar surface area (TPSA) is 38.1 Å². The van der Waals surface area contributed by atoms with Crippen molar-refractivity contribution in [2.24, 2.45) is 13.0 Å². The van der Waals surface area contributed by atoms with Crippen LogP contribution in [-0.2, 0) is 7.05 Å². The standard InChI is InChI=1S/C11H16BrN3O/c1-14-7-10(13-8-14)11(16)15-4-2-3-9(5-12)6-15/h7-9H,2-6H2,1H3. The largest absolute Gasteiger partial charge is 0.340 e. The summed E-state index contributed by atoms with van der Waals surface area (Å²) < 4.78 is 1.80. The third kappa shape index (κ3) is 2.45. The van der Waals surface area contributed by atoms with E-state index in [9.17, 15) is 4.79 Å². The molecule has 1 atom stereocenters. The summed E-state index contributed by atoms with van der Waals surface area (Å²) in [5, 5.41) is 0.971. The fourth-order valence-electron chi connectivity index (χ4n) is 2.06. The van der Waals surface area contributed by atoms with Crippen LogP contribution in [0.3, 0.4) is 0 Å². The maximum atomic E-state index is 12.1. The SMILES string of the molecule is Cn1cnc(C(=O)N2CCCC(CBr)C2)c1. The Morgan fingerprint density at radius 3 is 3.12 bits per heavy atom. The summed E-state index contributed by atoms with van der Waals surface area (Å²) in [6.07, 6.45) is 5.74. The number of hydrogen-bond acceptors (Lipinski definition) is 2. The molecule has 0 radical (unpaired) electrons. The molecule has 1 saturated heterocycles. The lowest BCUT2D eigenvalue weighted by molar-refractivity contribution is 0.0680. The lowest BCUT2D eigenvalue weighted by Crippen LogP contribution is -2.40. The maximum Gasteiger partial charge on any atom is 0.274 e. The van der Waals surface area contributed by atoms with Crippen molar-refractivity contribution in [1.82, 2.24) is 14.5 Å². The average Bonchev–Trinajstić information content (AvgIpc) is 2.75. The number of alkyl halides is 1. The van der Waals surface area contributed by atoms with Crippen molar-refractivity contribution in [3.05, 3.63) is 18.2 Å². The zero-order valence-electron chi connectivity index (χ0n) is 9.40. The van der Waals surface area contributed by atoms with Gasteiger partial charge in [0.1, 0.15) is 5.69 Å². The smallest absolute Gasteiger partial charge is 0.274 e. The normalized spacial score (nSPS) is 21.1. The first-order valence-electron chi connectivity index (χ1n) is 5.54. The first kappa shape index (κ1) is 11.6. The Balaban J connectivity index is 2.04. The van der Waals surface area contributed by atoms with Crippen molar-refractivity contribution in [3.63, 3.8) is 0 Å². The molecule has 1 amide bonds. The van der Waals surface area contributed by atoms with E-state index in [1.54, 1.807) is 17.1 Å². The Hall–Kier alpha value is -0.840. The molecule has 0 aromatic carbocycles. The summed E-state index contributed by atoms with van der Waals surface area (Å²) in [7, 11) is 1.88. The van der Waals surface area contributed by atoms with Crippen molar-refractivity contribution in [3.8, 4) is 0 Å². The van der Waals surface area contributed by atoms with E-state index in [1.807, 2.05) is 11.9 Å². The van der Waals surface area contributed by atoms with Gasteiger partial charge in [0.2, 0.25) is 0 Å². The van der Waals surface area contributed by atoms with E-state index < -0.39 is 0 Å². The highest BCUT2D eigenvalue weighted by atomic mass is 79.9. The van der Waals surface area contributed by atoms with Crippen molar-refractivity contribution in [2.45, 2.75) is 12.8 Å². The van der Waals surface area contributed by atoms with E-state index in [0.717, 1.165) is 24.8 Å². The number of piperidine rings is 1. The molecule has 1 aromatic heterocycles. The van der Waals surface area contributed by atoms with Crippen LogP contribution in [0.4, 0.5) is 0 Å². The highest BCUT2D eigenvalue weighted by Crippen LogP contribution is 2.19. The third-order valence-electron chi connectivity index (χ3n) is 2.95. The van der Waals surface area contributed by atoms with Crippen molar-refractivity contribution < 1.29 is 4.79 Å². The summed E-state index contributed by atoms with van der Waals surface area (Å²) in [4.78, 5) is 18.1. The number of carbonyl (C=O) groups is 1. The third-order valence-corrected chi connectivity index (χ3v) is 3.86. The average molecular weight is 286 g/mol. The second-order valence-electron chi connectivity index (χ2n) is 4.34. The number of carbonyl (C=O) groups excluding carboxylic acids is 1. The van der Waals surface area contributed by atoms with E-state index in [-0.39, 0.29) is 5.91 Å². The molecule has 1 fully saturated rings. The Kier molecular flexibility index (Phi) is 3.63. The van der Waals surface area contributed by atoms with Gasteiger partial charge < -0.3 is 9.47 Å². The molecule has 1 aliphatic heterocycles. The Morgan fingerprint density at radius 2 is 2.50 bits per heavy atom. The molecule has 2 heterocycles. The number of hydrogen-bond donors (Lipinski definition) is 0. The summed E-state index contributed by atoms with van der Waals surface area (Å²) in [6, 6.07) is 0. The molecule has 1 unspecified atom stereocenters. The van der Waals surface area contributed by atoms with Crippen LogP contribution in [0.15, 0.2) is 12.5 Å². The number of halogens is 1.